The zero-order valence-corrected chi connectivity index (χ0v) is 11.9. The molecule has 0 aromatic rings. The van der Waals surface area contributed by atoms with Crippen molar-refractivity contribution in [2.45, 2.75) is 32.6 Å². The number of rotatable bonds is 3. The molecule has 1 unspecified atom stereocenters. The Kier molecular flexibility index (Phi) is 5.19. The second-order valence-electron chi connectivity index (χ2n) is 5.69. The van der Waals surface area contributed by atoms with Crippen LogP contribution in [-0.4, -0.2) is 60.9 Å². The predicted octanol–water partition coefficient (Wildman–Crippen LogP) is 0.457. The molecule has 0 aliphatic carbocycles. The van der Waals surface area contributed by atoms with Crippen LogP contribution in [0.1, 0.15) is 32.6 Å². The van der Waals surface area contributed by atoms with E-state index in [2.05, 4.69) is 12.2 Å². The summed E-state index contributed by atoms with van der Waals surface area (Å²) in [6.45, 7) is 6.96. The van der Waals surface area contributed by atoms with Crippen molar-refractivity contribution in [2.24, 2.45) is 5.92 Å². The van der Waals surface area contributed by atoms with Gasteiger partial charge in [0.1, 0.15) is 0 Å². The van der Waals surface area contributed by atoms with Crippen LogP contribution < -0.4 is 5.32 Å². The first-order valence-corrected chi connectivity index (χ1v) is 7.43. The quantitative estimate of drug-likeness (QED) is 0.808. The van der Waals surface area contributed by atoms with Gasteiger partial charge in [-0.15, -0.1) is 0 Å². The summed E-state index contributed by atoms with van der Waals surface area (Å²) in [7, 11) is 0. The van der Waals surface area contributed by atoms with Crippen LogP contribution in [0, 0.1) is 5.92 Å². The molecule has 1 atom stereocenters. The lowest BCUT2D eigenvalue weighted by Gasteiger charge is -2.28. The van der Waals surface area contributed by atoms with Crippen LogP contribution in [0.3, 0.4) is 0 Å². The molecule has 2 fully saturated rings. The molecule has 0 bridgehead atoms. The molecule has 2 rings (SSSR count). The van der Waals surface area contributed by atoms with Gasteiger partial charge in [0, 0.05) is 52.1 Å². The minimum absolute atomic E-state index is 0.187. The van der Waals surface area contributed by atoms with Crippen LogP contribution >= 0.6 is 0 Å². The van der Waals surface area contributed by atoms with E-state index in [1.807, 2.05) is 9.80 Å². The molecule has 0 radical (unpaired) electrons. The summed E-state index contributed by atoms with van der Waals surface area (Å²) in [4.78, 5) is 27.8. The summed E-state index contributed by atoms with van der Waals surface area (Å²) >= 11 is 0. The maximum atomic E-state index is 12.1. The lowest BCUT2D eigenvalue weighted by atomic mass is 10.0. The molecule has 108 valence electrons. The van der Waals surface area contributed by atoms with Gasteiger partial charge >= 0.3 is 0 Å². The molecule has 1 N–H and O–H groups in total. The third kappa shape index (κ3) is 4.20. The fraction of sp³-hybridized carbons (Fsp3) is 0.857. The second-order valence-corrected chi connectivity index (χ2v) is 5.69. The molecule has 0 aromatic heterocycles. The number of amides is 2. The van der Waals surface area contributed by atoms with E-state index in [1.165, 1.54) is 0 Å². The fourth-order valence-corrected chi connectivity index (χ4v) is 2.71. The highest BCUT2D eigenvalue weighted by Gasteiger charge is 2.22. The van der Waals surface area contributed by atoms with Crippen molar-refractivity contribution < 1.29 is 9.59 Å². The van der Waals surface area contributed by atoms with Crippen molar-refractivity contribution in [1.29, 1.82) is 0 Å². The monoisotopic (exact) mass is 267 g/mol. The van der Waals surface area contributed by atoms with Crippen molar-refractivity contribution >= 4 is 11.8 Å². The number of piperazine rings is 1. The molecule has 0 aromatic carbocycles. The number of hydrogen-bond acceptors (Lipinski definition) is 3. The second kappa shape index (κ2) is 6.89. The number of carbonyl (C=O) groups excluding carboxylic acids is 2. The van der Waals surface area contributed by atoms with E-state index < -0.39 is 0 Å². The van der Waals surface area contributed by atoms with Gasteiger partial charge < -0.3 is 15.1 Å². The molecule has 2 amide bonds. The molecular formula is C14H25N3O2. The van der Waals surface area contributed by atoms with Crippen LogP contribution in [0.4, 0.5) is 0 Å². The van der Waals surface area contributed by atoms with Crippen LogP contribution in [-0.2, 0) is 9.59 Å². The summed E-state index contributed by atoms with van der Waals surface area (Å²) < 4.78 is 0. The highest BCUT2D eigenvalue weighted by molar-refractivity contribution is 5.79. The highest BCUT2D eigenvalue weighted by atomic mass is 16.2. The molecule has 5 nitrogen and oxygen atoms in total. The smallest absolute Gasteiger partial charge is 0.224 e. The molecular weight excluding hydrogens is 242 g/mol. The summed E-state index contributed by atoms with van der Waals surface area (Å²) in [5.74, 6) is 1.03. The zero-order valence-electron chi connectivity index (χ0n) is 11.9. The molecule has 5 heteroatoms. The minimum atomic E-state index is 0.187. The van der Waals surface area contributed by atoms with E-state index in [-0.39, 0.29) is 11.8 Å². The Balaban J connectivity index is 1.77. The van der Waals surface area contributed by atoms with Crippen molar-refractivity contribution in [2.75, 3.05) is 39.3 Å². The Hall–Kier alpha value is -1.10. The predicted molar refractivity (Wildman–Crippen MR) is 73.7 cm³/mol. The first kappa shape index (κ1) is 14.3. The first-order valence-electron chi connectivity index (χ1n) is 7.43. The Bertz CT molecular complexity index is 327. The normalized spacial score (nSPS) is 25.3. The minimum Gasteiger partial charge on any atom is -0.342 e. The lowest BCUT2D eigenvalue weighted by Crippen LogP contribution is -2.47. The molecule has 2 heterocycles. The molecule has 19 heavy (non-hydrogen) atoms. The van der Waals surface area contributed by atoms with Crippen LogP contribution in [0.25, 0.3) is 0 Å². The van der Waals surface area contributed by atoms with Gasteiger partial charge in [-0.1, -0.05) is 6.92 Å². The largest absolute Gasteiger partial charge is 0.342 e. The van der Waals surface area contributed by atoms with Gasteiger partial charge in [0.05, 0.1) is 0 Å². The number of nitrogens with zero attached hydrogens (tertiary/aromatic N) is 2. The van der Waals surface area contributed by atoms with Crippen molar-refractivity contribution in [3.05, 3.63) is 0 Å². The van der Waals surface area contributed by atoms with Crippen molar-refractivity contribution in [3.63, 3.8) is 0 Å². The van der Waals surface area contributed by atoms with Gasteiger partial charge in [-0.3, -0.25) is 9.59 Å². The lowest BCUT2D eigenvalue weighted by molar-refractivity contribution is -0.134. The van der Waals surface area contributed by atoms with E-state index in [0.717, 1.165) is 45.6 Å². The highest BCUT2D eigenvalue weighted by Crippen LogP contribution is 2.17. The van der Waals surface area contributed by atoms with Gasteiger partial charge in [0.15, 0.2) is 0 Å². The van der Waals surface area contributed by atoms with Gasteiger partial charge in [-0.25, -0.2) is 0 Å². The number of nitrogens with one attached hydrogen (secondary N) is 1. The molecule has 2 aliphatic rings. The number of carbonyl (C=O) groups is 2. The maximum absolute atomic E-state index is 12.1. The average Bonchev–Trinajstić information content (AvgIpc) is 2.60. The van der Waals surface area contributed by atoms with Gasteiger partial charge in [-0.2, -0.15) is 0 Å². The SMILES string of the molecule is CC1CCC(=O)N(CCC(=O)N2CCNCC2)CC1. The summed E-state index contributed by atoms with van der Waals surface area (Å²) in [6.07, 6.45) is 3.16. The maximum Gasteiger partial charge on any atom is 0.224 e. The number of likely N-dealkylation sites (tertiary alicyclic amines) is 1. The fourth-order valence-electron chi connectivity index (χ4n) is 2.71. The summed E-state index contributed by atoms with van der Waals surface area (Å²) in [5, 5.41) is 3.24. The van der Waals surface area contributed by atoms with E-state index >= 15 is 0 Å². The van der Waals surface area contributed by atoms with Crippen LogP contribution in [0.5, 0.6) is 0 Å². The average molecular weight is 267 g/mol. The standard InChI is InChI=1S/C14H25N3O2/c1-12-2-3-13(18)16(8-4-12)9-5-14(19)17-10-6-15-7-11-17/h12,15H,2-11H2,1H3. The molecule has 0 spiro atoms. The Labute approximate surface area is 115 Å². The van der Waals surface area contributed by atoms with E-state index in [0.29, 0.717) is 25.3 Å². The summed E-state index contributed by atoms with van der Waals surface area (Å²) in [5.41, 5.74) is 0. The third-order valence-electron chi connectivity index (χ3n) is 4.16. The number of hydrogen-bond donors (Lipinski definition) is 1. The first-order chi connectivity index (χ1) is 9.16. The Morgan fingerprint density at radius 3 is 2.74 bits per heavy atom. The van der Waals surface area contributed by atoms with Gasteiger partial charge in [-0.05, 0) is 18.8 Å². The topological polar surface area (TPSA) is 52.7 Å². The van der Waals surface area contributed by atoms with Gasteiger partial charge in [0.25, 0.3) is 0 Å². The van der Waals surface area contributed by atoms with Crippen LogP contribution in [0.2, 0.25) is 0 Å². The molecule has 2 aliphatic heterocycles. The van der Waals surface area contributed by atoms with Crippen molar-refractivity contribution in [3.8, 4) is 0 Å². The van der Waals surface area contributed by atoms with Gasteiger partial charge in [0.2, 0.25) is 11.8 Å². The molecule has 0 saturated carbocycles. The van der Waals surface area contributed by atoms with Crippen molar-refractivity contribution in [1.82, 2.24) is 15.1 Å². The molecule has 2 saturated heterocycles. The van der Waals surface area contributed by atoms with E-state index in [4.69, 9.17) is 0 Å². The Morgan fingerprint density at radius 2 is 2.00 bits per heavy atom. The Morgan fingerprint density at radius 1 is 1.26 bits per heavy atom. The van der Waals surface area contributed by atoms with E-state index in [9.17, 15) is 9.59 Å². The third-order valence-corrected chi connectivity index (χ3v) is 4.16. The zero-order chi connectivity index (χ0) is 13.7. The van der Waals surface area contributed by atoms with E-state index in [1.54, 1.807) is 0 Å². The van der Waals surface area contributed by atoms with Crippen LogP contribution in [0.15, 0.2) is 0 Å². The summed E-state index contributed by atoms with van der Waals surface area (Å²) in [6, 6.07) is 0.